The second-order valence-corrected chi connectivity index (χ2v) is 12.3. The number of amides is 2. The molecule has 1 N–H and O–H groups in total. The third kappa shape index (κ3) is 8.42. The number of rotatable bonds is 11. The maximum atomic E-state index is 14.1. The highest BCUT2D eigenvalue weighted by atomic mass is 32.2. The smallest absolute Gasteiger partial charge is 0.244 e. The zero-order chi connectivity index (χ0) is 28.7. The number of sulfonamides is 1. The molecule has 0 radical (unpaired) electrons. The van der Waals surface area contributed by atoms with Crippen molar-refractivity contribution in [1.82, 2.24) is 10.2 Å². The van der Waals surface area contributed by atoms with E-state index in [4.69, 9.17) is 0 Å². The molecule has 208 valence electrons. The number of carbonyl (C=O) groups is 2. The predicted molar refractivity (Wildman–Crippen MR) is 157 cm³/mol. The van der Waals surface area contributed by atoms with E-state index >= 15 is 0 Å². The number of hydrogen-bond acceptors (Lipinski definition) is 4. The highest BCUT2D eigenvalue weighted by Gasteiger charge is 2.33. The van der Waals surface area contributed by atoms with Gasteiger partial charge < -0.3 is 10.2 Å². The number of aryl methyl sites for hydroxylation is 3. The van der Waals surface area contributed by atoms with Gasteiger partial charge in [0.1, 0.15) is 12.6 Å². The lowest BCUT2D eigenvalue weighted by Crippen LogP contribution is -2.54. The molecule has 3 rings (SSSR count). The van der Waals surface area contributed by atoms with Crippen LogP contribution in [0.2, 0.25) is 0 Å². The van der Waals surface area contributed by atoms with Crippen LogP contribution >= 0.6 is 0 Å². The van der Waals surface area contributed by atoms with E-state index in [0.717, 1.165) is 38.4 Å². The topological polar surface area (TPSA) is 86.8 Å². The molecule has 39 heavy (non-hydrogen) atoms. The highest BCUT2D eigenvalue weighted by molar-refractivity contribution is 7.92. The van der Waals surface area contributed by atoms with Crippen molar-refractivity contribution in [3.05, 3.63) is 101 Å². The van der Waals surface area contributed by atoms with Gasteiger partial charge in [0.05, 0.1) is 11.9 Å². The van der Waals surface area contributed by atoms with Crippen LogP contribution in [-0.2, 0) is 32.6 Å². The van der Waals surface area contributed by atoms with Gasteiger partial charge in [0.2, 0.25) is 21.8 Å². The summed E-state index contributed by atoms with van der Waals surface area (Å²) in [6, 6.07) is 21.7. The van der Waals surface area contributed by atoms with Crippen LogP contribution in [0, 0.1) is 20.8 Å². The molecule has 3 aromatic rings. The van der Waals surface area contributed by atoms with Gasteiger partial charge in [-0.1, -0.05) is 77.9 Å². The van der Waals surface area contributed by atoms with Crippen molar-refractivity contribution in [2.45, 2.75) is 59.7 Å². The molecule has 2 amide bonds. The van der Waals surface area contributed by atoms with Crippen molar-refractivity contribution in [2.24, 2.45) is 0 Å². The number of nitrogens with zero attached hydrogens (tertiary/aromatic N) is 2. The molecule has 0 aromatic heterocycles. The van der Waals surface area contributed by atoms with E-state index in [1.165, 1.54) is 4.90 Å². The van der Waals surface area contributed by atoms with Crippen molar-refractivity contribution in [2.75, 3.05) is 17.1 Å². The van der Waals surface area contributed by atoms with Crippen molar-refractivity contribution < 1.29 is 18.0 Å². The van der Waals surface area contributed by atoms with E-state index < -0.39 is 28.5 Å². The fraction of sp³-hybridized carbons (Fsp3) is 0.355. The lowest BCUT2D eigenvalue weighted by atomic mass is 10.0. The molecule has 0 heterocycles. The van der Waals surface area contributed by atoms with Gasteiger partial charge >= 0.3 is 0 Å². The van der Waals surface area contributed by atoms with Gasteiger partial charge in [-0.05, 0) is 57.4 Å². The summed E-state index contributed by atoms with van der Waals surface area (Å²) in [4.78, 5) is 29.2. The molecule has 8 heteroatoms. The van der Waals surface area contributed by atoms with Crippen molar-refractivity contribution in [3.8, 4) is 0 Å². The van der Waals surface area contributed by atoms with Gasteiger partial charge in [-0.2, -0.15) is 0 Å². The first-order chi connectivity index (χ1) is 18.3. The average Bonchev–Trinajstić information content (AvgIpc) is 2.84. The Hall–Kier alpha value is -3.65. The Bertz CT molecular complexity index is 1400. The Balaban J connectivity index is 2.07. The Labute approximate surface area is 232 Å². The van der Waals surface area contributed by atoms with Crippen molar-refractivity contribution in [1.29, 1.82) is 0 Å². The van der Waals surface area contributed by atoms with Gasteiger partial charge in [-0.25, -0.2) is 8.42 Å². The first-order valence-electron chi connectivity index (χ1n) is 13.1. The van der Waals surface area contributed by atoms with Crippen LogP contribution in [0.1, 0.15) is 41.7 Å². The van der Waals surface area contributed by atoms with Crippen molar-refractivity contribution in [3.63, 3.8) is 0 Å². The molecule has 0 bridgehead atoms. The Morgan fingerprint density at radius 2 is 1.49 bits per heavy atom. The molecule has 0 aliphatic heterocycles. The van der Waals surface area contributed by atoms with Crippen LogP contribution in [0.15, 0.2) is 72.8 Å². The lowest BCUT2D eigenvalue weighted by molar-refractivity contribution is -0.140. The number of nitrogens with one attached hydrogen (secondary N) is 1. The highest BCUT2D eigenvalue weighted by Crippen LogP contribution is 2.25. The molecule has 7 nitrogen and oxygen atoms in total. The molecule has 0 aliphatic carbocycles. The summed E-state index contributed by atoms with van der Waals surface area (Å²) in [6.07, 6.45) is 1.39. The van der Waals surface area contributed by atoms with Gasteiger partial charge in [0.25, 0.3) is 0 Å². The van der Waals surface area contributed by atoms with Crippen LogP contribution in [0.3, 0.4) is 0 Å². The van der Waals surface area contributed by atoms with Gasteiger partial charge in [-0.15, -0.1) is 0 Å². The Kier molecular flexibility index (Phi) is 9.92. The first kappa shape index (κ1) is 29.9. The number of anilines is 1. The fourth-order valence-electron chi connectivity index (χ4n) is 4.62. The summed E-state index contributed by atoms with van der Waals surface area (Å²) in [5.74, 6) is -0.742. The van der Waals surface area contributed by atoms with E-state index in [-0.39, 0.29) is 18.5 Å². The monoisotopic (exact) mass is 549 g/mol. The summed E-state index contributed by atoms with van der Waals surface area (Å²) >= 11 is 0. The predicted octanol–water partition coefficient (Wildman–Crippen LogP) is 4.54. The van der Waals surface area contributed by atoms with Crippen LogP contribution in [-0.4, -0.2) is 50.0 Å². The minimum atomic E-state index is -3.80. The summed E-state index contributed by atoms with van der Waals surface area (Å²) < 4.78 is 27.0. The molecular formula is C31H39N3O4S. The van der Waals surface area contributed by atoms with E-state index in [0.29, 0.717) is 12.1 Å². The number of carbonyl (C=O) groups excluding carboxylic acids is 2. The molecule has 1 unspecified atom stereocenters. The molecule has 0 saturated carbocycles. The second kappa shape index (κ2) is 12.9. The third-order valence-corrected chi connectivity index (χ3v) is 7.56. The van der Waals surface area contributed by atoms with Crippen LogP contribution < -0.4 is 9.62 Å². The Morgan fingerprint density at radius 3 is 2.08 bits per heavy atom. The largest absolute Gasteiger partial charge is 0.352 e. The normalized spacial score (nSPS) is 12.2. The summed E-state index contributed by atoms with van der Waals surface area (Å²) in [6.45, 7) is 9.20. The summed E-state index contributed by atoms with van der Waals surface area (Å²) in [5.41, 5.74) is 4.97. The standard InChI is InChI=1S/C31H39N3O4S/c1-22(2)32-31(36)29(19-26-12-8-7-9-13-26)33(20-27-14-10-11-23(3)18-27)30(35)21-34(39(6,37)38)28-16-15-24(4)17-25(28)5/h7-18,22,29H,19-21H2,1-6H3,(H,32,36). The zero-order valence-corrected chi connectivity index (χ0v) is 24.5. The summed E-state index contributed by atoms with van der Waals surface area (Å²) in [7, 11) is -3.80. The van der Waals surface area contributed by atoms with Crippen LogP contribution in [0.25, 0.3) is 0 Å². The maximum absolute atomic E-state index is 14.1. The molecule has 0 fully saturated rings. The number of hydrogen-bond donors (Lipinski definition) is 1. The van der Waals surface area contributed by atoms with E-state index in [1.54, 1.807) is 6.07 Å². The number of benzene rings is 3. The quantitative estimate of drug-likeness (QED) is 0.380. The molecule has 3 aromatic carbocycles. The van der Waals surface area contributed by atoms with E-state index in [1.807, 2.05) is 101 Å². The second-order valence-electron chi connectivity index (χ2n) is 10.4. The molecular weight excluding hydrogens is 510 g/mol. The van der Waals surface area contributed by atoms with Crippen molar-refractivity contribution >= 4 is 27.5 Å². The minimum absolute atomic E-state index is 0.130. The SMILES string of the molecule is Cc1cccc(CN(C(=O)CN(c2ccc(C)cc2C)S(C)(=O)=O)C(Cc2ccccc2)C(=O)NC(C)C)c1. The minimum Gasteiger partial charge on any atom is -0.352 e. The van der Waals surface area contributed by atoms with Gasteiger partial charge in [0, 0.05) is 19.0 Å². The van der Waals surface area contributed by atoms with Gasteiger partial charge in [-0.3, -0.25) is 13.9 Å². The molecule has 0 saturated heterocycles. The van der Waals surface area contributed by atoms with Crippen LogP contribution in [0.4, 0.5) is 5.69 Å². The summed E-state index contributed by atoms with van der Waals surface area (Å²) in [5, 5.41) is 2.96. The average molecular weight is 550 g/mol. The van der Waals surface area contributed by atoms with E-state index in [9.17, 15) is 18.0 Å². The maximum Gasteiger partial charge on any atom is 0.244 e. The molecule has 0 spiro atoms. The molecule has 0 aliphatic rings. The zero-order valence-electron chi connectivity index (χ0n) is 23.6. The molecule has 1 atom stereocenters. The first-order valence-corrected chi connectivity index (χ1v) is 14.9. The fourth-order valence-corrected chi connectivity index (χ4v) is 5.53. The third-order valence-electron chi connectivity index (χ3n) is 6.44. The van der Waals surface area contributed by atoms with Gasteiger partial charge in [0.15, 0.2) is 0 Å². The van der Waals surface area contributed by atoms with E-state index in [2.05, 4.69) is 5.32 Å². The lowest BCUT2D eigenvalue weighted by Gasteiger charge is -2.34. The van der Waals surface area contributed by atoms with Crippen LogP contribution in [0.5, 0.6) is 0 Å². The Morgan fingerprint density at radius 1 is 0.846 bits per heavy atom.